The summed E-state index contributed by atoms with van der Waals surface area (Å²) in [5.74, 6) is -0.391. The van der Waals surface area contributed by atoms with E-state index in [9.17, 15) is 9.36 Å². The molecule has 0 saturated carbocycles. The molecule has 0 atom stereocenters. The summed E-state index contributed by atoms with van der Waals surface area (Å²) in [5.41, 5.74) is 0.150. The minimum Gasteiger partial charge on any atom is -0.403 e. The van der Waals surface area contributed by atoms with Crippen molar-refractivity contribution < 1.29 is 23.7 Å². The highest BCUT2D eigenvalue weighted by Crippen LogP contribution is 2.42. The number of hydrogen-bond acceptors (Lipinski definition) is 3. The van der Waals surface area contributed by atoms with E-state index in [0.717, 1.165) is 5.39 Å². The molecular formula is C12H11O5P. The van der Waals surface area contributed by atoms with Crippen molar-refractivity contribution in [3.8, 4) is 5.75 Å². The SMILES string of the molecule is CC(=O)c1ccc2ccccc2c1OP(=O)(O)O. The van der Waals surface area contributed by atoms with Gasteiger partial charge in [-0.2, -0.15) is 0 Å². The van der Waals surface area contributed by atoms with Crippen LogP contribution in [-0.2, 0) is 4.57 Å². The molecule has 0 unspecified atom stereocenters. The maximum Gasteiger partial charge on any atom is 0.524 e. The second kappa shape index (κ2) is 4.53. The lowest BCUT2D eigenvalue weighted by molar-refractivity contribution is 0.101. The molecule has 5 nitrogen and oxygen atoms in total. The predicted molar refractivity (Wildman–Crippen MR) is 66.6 cm³/mol. The van der Waals surface area contributed by atoms with E-state index in [1.165, 1.54) is 13.0 Å². The van der Waals surface area contributed by atoms with Gasteiger partial charge in [0.25, 0.3) is 0 Å². The molecule has 0 fully saturated rings. The van der Waals surface area contributed by atoms with Gasteiger partial charge in [-0.1, -0.05) is 30.3 Å². The van der Waals surface area contributed by atoms with Crippen LogP contribution >= 0.6 is 7.82 Å². The van der Waals surface area contributed by atoms with Gasteiger partial charge in [-0.15, -0.1) is 0 Å². The standard InChI is InChI=1S/C12H11O5P/c1-8(13)10-7-6-9-4-2-3-5-11(9)12(10)17-18(14,15)16/h2-7H,1H3,(H2,14,15,16). The number of ketones is 1. The first-order valence-corrected chi connectivity index (χ1v) is 6.69. The molecule has 0 spiro atoms. The fourth-order valence-corrected chi connectivity index (χ4v) is 2.17. The van der Waals surface area contributed by atoms with Crippen molar-refractivity contribution in [2.45, 2.75) is 6.92 Å². The van der Waals surface area contributed by atoms with Crippen LogP contribution in [0.1, 0.15) is 17.3 Å². The van der Waals surface area contributed by atoms with Gasteiger partial charge < -0.3 is 4.52 Å². The molecular weight excluding hydrogens is 255 g/mol. The molecule has 6 heteroatoms. The van der Waals surface area contributed by atoms with Gasteiger partial charge in [0.2, 0.25) is 0 Å². The highest BCUT2D eigenvalue weighted by Gasteiger charge is 2.22. The number of carbonyl (C=O) groups excluding carboxylic acids is 1. The molecule has 0 heterocycles. The molecule has 0 amide bonds. The minimum absolute atomic E-state index is 0.0751. The quantitative estimate of drug-likeness (QED) is 0.658. The van der Waals surface area contributed by atoms with E-state index in [1.54, 1.807) is 30.3 Å². The lowest BCUT2D eigenvalue weighted by Gasteiger charge is -2.13. The first kappa shape index (κ1) is 12.8. The van der Waals surface area contributed by atoms with Gasteiger partial charge >= 0.3 is 7.82 Å². The Hall–Kier alpha value is -1.68. The molecule has 0 aromatic heterocycles. The van der Waals surface area contributed by atoms with E-state index >= 15 is 0 Å². The van der Waals surface area contributed by atoms with Crippen LogP contribution in [0.3, 0.4) is 0 Å². The first-order chi connectivity index (χ1) is 8.38. The smallest absolute Gasteiger partial charge is 0.403 e. The zero-order chi connectivity index (χ0) is 13.3. The summed E-state index contributed by atoms with van der Waals surface area (Å²) in [5, 5.41) is 1.24. The number of benzene rings is 2. The maximum atomic E-state index is 11.5. The van der Waals surface area contributed by atoms with Crippen molar-refractivity contribution in [1.82, 2.24) is 0 Å². The molecule has 2 rings (SSSR count). The number of phosphoric ester groups is 1. The molecule has 0 aliphatic rings. The Bertz CT molecular complexity index is 659. The summed E-state index contributed by atoms with van der Waals surface area (Å²) in [6.07, 6.45) is 0. The van der Waals surface area contributed by atoms with Gasteiger partial charge in [0.15, 0.2) is 5.78 Å². The van der Waals surface area contributed by atoms with Crippen molar-refractivity contribution in [2.24, 2.45) is 0 Å². The van der Waals surface area contributed by atoms with Crippen LogP contribution in [0.2, 0.25) is 0 Å². The van der Waals surface area contributed by atoms with Crippen LogP contribution in [0.15, 0.2) is 36.4 Å². The van der Waals surface area contributed by atoms with E-state index in [2.05, 4.69) is 4.52 Å². The normalized spacial score (nSPS) is 11.5. The highest BCUT2D eigenvalue weighted by molar-refractivity contribution is 7.46. The van der Waals surface area contributed by atoms with E-state index in [1.807, 2.05) is 0 Å². The molecule has 2 aromatic carbocycles. The zero-order valence-corrected chi connectivity index (χ0v) is 10.4. The van der Waals surface area contributed by atoms with Crippen molar-refractivity contribution in [1.29, 1.82) is 0 Å². The second-order valence-electron chi connectivity index (χ2n) is 3.80. The molecule has 0 aliphatic heterocycles. The monoisotopic (exact) mass is 266 g/mol. The third-order valence-corrected chi connectivity index (χ3v) is 2.89. The number of fused-ring (bicyclic) bond motifs is 1. The number of hydrogen-bond donors (Lipinski definition) is 2. The Morgan fingerprint density at radius 3 is 2.44 bits per heavy atom. The predicted octanol–water partition coefficient (Wildman–Crippen LogP) is 2.51. The zero-order valence-electron chi connectivity index (χ0n) is 9.53. The van der Waals surface area contributed by atoms with Gasteiger partial charge in [-0.3, -0.25) is 14.6 Å². The largest absolute Gasteiger partial charge is 0.524 e. The lowest BCUT2D eigenvalue weighted by Crippen LogP contribution is -2.00. The summed E-state index contributed by atoms with van der Waals surface area (Å²) in [6.45, 7) is 1.32. The number of rotatable bonds is 3. The van der Waals surface area contributed by atoms with Crippen molar-refractivity contribution >= 4 is 24.4 Å². The molecule has 0 saturated heterocycles. The van der Waals surface area contributed by atoms with E-state index in [-0.39, 0.29) is 17.1 Å². The molecule has 18 heavy (non-hydrogen) atoms. The van der Waals surface area contributed by atoms with Gasteiger partial charge in [0.1, 0.15) is 5.75 Å². The van der Waals surface area contributed by atoms with Crippen LogP contribution in [0.25, 0.3) is 10.8 Å². The molecule has 94 valence electrons. The van der Waals surface area contributed by atoms with Crippen molar-refractivity contribution in [3.05, 3.63) is 42.0 Å². The summed E-state index contributed by atoms with van der Waals surface area (Å²) in [7, 11) is -4.71. The van der Waals surface area contributed by atoms with Crippen LogP contribution in [0, 0.1) is 0 Å². The highest BCUT2D eigenvalue weighted by atomic mass is 31.2. The average molecular weight is 266 g/mol. The van der Waals surface area contributed by atoms with Gasteiger partial charge in [-0.05, 0) is 18.4 Å². The van der Waals surface area contributed by atoms with Crippen LogP contribution in [-0.4, -0.2) is 15.6 Å². The maximum absolute atomic E-state index is 11.5. The Morgan fingerprint density at radius 2 is 1.83 bits per heavy atom. The third-order valence-electron chi connectivity index (χ3n) is 2.47. The van der Waals surface area contributed by atoms with E-state index in [4.69, 9.17) is 9.79 Å². The number of carbonyl (C=O) groups is 1. The summed E-state index contributed by atoms with van der Waals surface area (Å²) in [6, 6.07) is 10.1. The molecule has 2 aromatic rings. The van der Waals surface area contributed by atoms with Gasteiger partial charge in [0, 0.05) is 5.39 Å². The van der Waals surface area contributed by atoms with E-state index < -0.39 is 7.82 Å². The fourth-order valence-electron chi connectivity index (χ4n) is 1.74. The third kappa shape index (κ3) is 2.59. The Kier molecular flexibility index (Phi) is 3.22. The van der Waals surface area contributed by atoms with Crippen LogP contribution in [0.4, 0.5) is 0 Å². The summed E-state index contributed by atoms with van der Waals surface area (Å²) >= 11 is 0. The summed E-state index contributed by atoms with van der Waals surface area (Å²) < 4.78 is 15.6. The minimum atomic E-state index is -4.71. The Morgan fingerprint density at radius 1 is 1.17 bits per heavy atom. The molecule has 0 aliphatic carbocycles. The van der Waals surface area contributed by atoms with Gasteiger partial charge in [-0.25, -0.2) is 4.57 Å². The number of Topliss-reactive ketones (excluding diaryl/α,β-unsaturated/α-hetero) is 1. The summed E-state index contributed by atoms with van der Waals surface area (Å²) in [4.78, 5) is 29.3. The second-order valence-corrected chi connectivity index (χ2v) is 4.97. The van der Waals surface area contributed by atoms with Crippen molar-refractivity contribution in [2.75, 3.05) is 0 Å². The molecule has 2 N–H and O–H groups in total. The van der Waals surface area contributed by atoms with Crippen LogP contribution in [0.5, 0.6) is 5.75 Å². The van der Waals surface area contributed by atoms with Gasteiger partial charge in [0.05, 0.1) is 5.56 Å². The average Bonchev–Trinajstić information content (AvgIpc) is 2.27. The first-order valence-electron chi connectivity index (χ1n) is 5.16. The molecule has 0 bridgehead atoms. The Balaban J connectivity index is 2.74. The lowest BCUT2D eigenvalue weighted by atomic mass is 10.0. The molecule has 0 radical (unpaired) electrons. The topological polar surface area (TPSA) is 83.8 Å². The fraction of sp³-hybridized carbons (Fsp3) is 0.0833. The Labute approximate surface area is 103 Å². The number of phosphoric acid groups is 1. The van der Waals surface area contributed by atoms with Crippen molar-refractivity contribution in [3.63, 3.8) is 0 Å². The van der Waals surface area contributed by atoms with E-state index in [0.29, 0.717) is 5.39 Å². The van der Waals surface area contributed by atoms with Crippen LogP contribution < -0.4 is 4.52 Å².